The van der Waals surface area contributed by atoms with Crippen LogP contribution in [0.25, 0.3) is 10.9 Å². The zero-order valence-electron chi connectivity index (χ0n) is 7.99. The average molecular weight is 313 g/mol. The van der Waals surface area contributed by atoms with Crippen LogP contribution in [0, 0.1) is 0 Å². The quantitative estimate of drug-likeness (QED) is 0.821. The molecule has 1 aromatic heterocycles. The minimum absolute atomic E-state index is 0.168. The molecule has 0 aliphatic rings. The predicted molar refractivity (Wildman–Crippen MR) is 66.5 cm³/mol. The van der Waals surface area contributed by atoms with Crippen molar-refractivity contribution in [3.05, 3.63) is 28.4 Å². The molecule has 2 rings (SSSR count). The molecule has 0 spiro atoms. The second-order valence-corrected chi connectivity index (χ2v) is 6.54. The van der Waals surface area contributed by atoms with Crippen LogP contribution in [-0.4, -0.2) is 18.5 Å². The first-order valence-electron chi connectivity index (χ1n) is 4.22. The summed E-state index contributed by atoms with van der Waals surface area (Å²) >= 11 is 11.5. The van der Waals surface area contributed by atoms with E-state index in [1.165, 1.54) is 12.1 Å². The summed E-state index contributed by atoms with van der Waals surface area (Å²) in [6, 6.07) is 2.75. The van der Waals surface area contributed by atoms with Crippen LogP contribution in [0.3, 0.4) is 0 Å². The van der Waals surface area contributed by atoms with Gasteiger partial charge in [0.05, 0.1) is 21.8 Å². The third kappa shape index (κ3) is 2.28. The molecule has 1 heterocycles. The van der Waals surface area contributed by atoms with Crippen LogP contribution in [0.5, 0.6) is 5.75 Å². The number of halogens is 3. The molecule has 0 saturated heterocycles. The van der Waals surface area contributed by atoms with Crippen molar-refractivity contribution in [2.75, 3.05) is 0 Å². The number of benzene rings is 1. The first kappa shape index (κ1) is 12.7. The van der Waals surface area contributed by atoms with E-state index in [1.807, 2.05) is 0 Å². The fraction of sp³-hybridized carbons (Fsp3) is 0. The van der Waals surface area contributed by atoms with Gasteiger partial charge in [0, 0.05) is 16.1 Å². The Bertz CT molecular complexity index is 715. The summed E-state index contributed by atoms with van der Waals surface area (Å²) in [7, 11) is 1.08. The van der Waals surface area contributed by atoms with Crippen LogP contribution < -0.4 is 0 Å². The lowest BCUT2D eigenvalue weighted by Gasteiger charge is -2.05. The lowest BCUT2D eigenvalue weighted by atomic mass is 10.2. The number of rotatable bonds is 1. The van der Waals surface area contributed by atoms with Crippen molar-refractivity contribution in [1.29, 1.82) is 0 Å². The Balaban J connectivity index is 2.90. The van der Waals surface area contributed by atoms with Gasteiger partial charge in [0.15, 0.2) is 0 Å². The molecule has 17 heavy (non-hydrogen) atoms. The van der Waals surface area contributed by atoms with E-state index in [-0.39, 0.29) is 15.4 Å². The maximum atomic E-state index is 11.2. The number of hydrogen-bond donors (Lipinski definition) is 1. The van der Waals surface area contributed by atoms with E-state index in [1.54, 1.807) is 0 Å². The minimum atomic E-state index is -4.06. The number of aromatic nitrogens is 1. The van der Waals surface area contributed by atoms with Gasteiger partial charge in [-0.15, -0.1) is 0 Å². The SMILES string of the molecule is O=S(=O)(Cl)c1cnc2cc(Cl)c(Cl)cc2c1O. The van der Waals surface area contributed by atoms with Crippen molar-refractivity contribution in [1.82, 2.24) is 4.98 Å². The molecule has 0 amide bonds. The molecule has 0 unspecified atom stereocenters. The van der Waals surface area contributed by atoms with E-state index in [0.29, 0.717) is 5.52 Å². The normalized spacial score (nSPS) is 11.9. The lowest BCUT2D eigenvalue weighted by Crippen LogP contribution is -1.94. The predicted octanol–water partition coefficient (Wildman–Crippen LogP) is 3.17. The van der Waals surface area contributed by atoms with Crippen LogP contribution in [0.4, 0.5) is 0 Å². The van der Waals surface area contributed by atoms with Gasteiger partial charge in [0.1, 0.15) is 10.6 Å². The van der Waals surface area contributed by atoms with E-state index < -0.39 is 19.7 Å². The first-order chi connectivity index (χ1) is 7.80. The summed E-state index contributed by atoms with van der Waals surface area (Å²) in [5, 5.41) is 10.4. The average Bonchev–Trinajstić information content (AvgIpc) is 2.19. The summed E-state index contributed by atoms with van der Waals surface area (Å²) < 4.78 is 22.3. The lowest BCUT2D eigenvalue weighted by molar-refractivity contribution is 0.465. The van der Waals surface area contributed by atoms with E-state index in [4.69, 9.17) is 33.9 Å². The van der Waals surface area contributed by atoms with Gasteiger partial charge in [-0.2, -0.15) is 0 Å². The van der Waals surface area contributed by atoms with Gasteiger partial charge >= 0.3 is 0 Å². The smallest absolute Gasteiger partial charge is 0.266 e. The van der Waals surface area contributed by atoms with E-state index in [0.717, 1.165) is 6.20 Å². The molecule has 0 atom stereocenters. The highest BCUT2D eigenvalue weighted by molar-refractivity contribution is 8.13. The molecule has 0 fully saturated rings. The second kappa shape index (κ2) is 4.17. The topological polar surface area (TPSA) is 67.3 Å². The van der Waals surface area contributed by atoms with Crippen LogP contribution in [-0.2, 0) is 9.05 Å². The van der Waals surface area contributed by atoms with Crippen LogP contribution in [0.1, 0.15) is 0 Å². The Labute approximate surface area is 111 Å². The summed E-state index contributed by atoms with van der Waals surface area (Å²) in [5.74, 6) is -0.497. The number of pyridine rings is 1. The Morgan fingerprint density at radius 3 is 2.35 bits per heavy atom. The molecule has 1 N–H and O–H groups in total. The van der Waals surface area contributed by atoms with Crippen LogP contribution >= 0.6 is 33.9 Å². The second-order valence-electron chi connectivity index (χ2n) is 3.19. The van der Waals surface area contributed by atoms with Crippen LogP contribution in [0.15, 0.2) is 23.2 Å². The molecule has 1 aromatic carbocycles. The molecular weight excluding hydrogens is 309 g/mol. The monoisotopic (exact) mass is 311 g/mol. The van der Waals surface area contributed by atoms with E-state index in [9.17, 15) is 13.5 Å². The summed E-state index contributed by atoms with van der Waals surface area (Å²) in [6.07, 6.45) is 0.963. The molecule has 0 radical (unpaired) electrons. The number of nitrogens with zero attached hydrogens (tertiary/aromatic N) is 1. The maximum absolute atomic E-state index is 11.2. The molecule has 90 valence electrons. The molecular formula is C9H4Cl3NO3S. The Morgan fingerprint density at radius 2 is 1.76 bits per heavy atom. The van der Waals surface area contributed by atoms with Crippen molar-refractivity contribution < 1.29 is 13.5 Å². The summed E-state index contributed by atoms with van der Waals surface area (Å²) in [4.78, 5) is 3.38. The highest BCUT2D eigenvalue weighted by atomic mass is 35.7. The van der Waals surface area contributed by atoms with E-state index >= 15 is 0 Å². The third-order valence-corrected chi connectivity index (χ3v) is 4.16. The molecule has 4 nitrogen and oxygen atoms in total. The van der Waals surface area contributed by atoms with Gasteiger partial charge < -0.3 is 5.11 Å². The van der Waals surface area contributed by atoms with Crippen molar-refractivity contribution in [2.45, 2.75) is 4.90 Å². The van der Waals surface area contributed by atoms with Gasteiger partial charge in [-0.25, -0.2) is 8.42 Å². The Morgan fingerprint density at radius 1 is 1.18 bits per heavy atom. The highest BCUT2D eigenvalue weighted by Crippen LogP contribution is 2.36. The first-order valence-corrected chi connectivity index (χ1v) is 7.28. The van der Waals surface area contributed by atoms with Crippen molar-refractivity contribution in [3.63, 3.8) is 0 Å². The van der Waals surface area contributed by atoms with Crippen molar-refractivity contribution >= 4 is 53.8 Å². The number of fused-ring (bicyclic) bond motifs is 1. The van der Waals surface area contributed by atoms with E-state index in [2.05, 4.69) is 4.98 Å². The van der Waals surface area contributed by atoms with Crippen molar-refractivity contribution in [2.24, 2.45) is 0 Å². The third-order valence-electron chi connectivity index (χ3n) is 2.11. The summed E-state index contributed by atoms with van der Waals surface area (Å²) in [6.45, 7) is 0. The zero-order valence-corrected chi connectivity index (χ0v) is 11.1. The molecule has 2 aromatic rings. The molecule has 8 heteroatoms. The molecule has 0 aliphatic carbocycles. The fourth-order valence-corrected chi connectivity index (χ4v) is 2.51. The zero-order chi connectivity index (χ0) is 12.8. The standard InChI is InChI=1S/C9H4Cl3NO3S/c10-5-1-4-7(2-6(5)11)13-3-8(9(4)14)17(12,15)16/h1-3H,(H,13,14). The van der Waals surface area contributed by atoms with Gasteiger partial charge in [-0.05, 0) is 12.1 Å². The largest absolute Gasteiger partial charge is 0.506 e. The molecule has 0 saturated carbocycles. The van der Waals surface area contributed by atoms with Crippen molar-refractivity contribution in [3.8, 4) is 5.75 Å². The molecule has 0 bridgehead atoms. The Kier molecular flexibility index (Phi) is 3.12. The summed E-state index contributed by atoms with van der Waals surface area (Å²) in [5.41, 5.74) is 0.320. The van der Waals surface area contributed by atoms with Gasteiger partial charge in [-0.1, -0.05) is 23.2 Å². The van der Waals surface area contributed by atoms with Gasteiger partial charge in [-0.3, -0.25) is 4.98 Å². The van der Waals surface area contributed by atoms with Crippen LogP contribution in [0.2, 0.25) is 10.0 Å². The number of hydrogen-bond acceptors (Lipinski definition) is 4. The maximum Gasteiger partial charge on any atom is 0.266 e. The molecule has 0 aliphatic heterocycles. The Hall–Kier alpha value is -0.750. The number of aromatic hydroxyl groups is 1. The minimum Gasteiger partial charge on any atom is -0.506 e. The highest BCUT2D eigenvalue weighted by Gasteiger charge is 2.19. The fourth-order valence-electron chi connectivity index (χ4n) is 1.33. The van der Waals surface area contributed by atoms with Gasteiger partial charge in [0.2, 0.25) is 0 Å². The van der Waals surface area contributed by atoms with Gasteiger partial charge in [0.25, 0.3) is 9.05 Å².